The number of halogens is 1. The van der Waals surface area contributed by atoms with Crippen LogP contribution in [0, 0.1) is 0 Å². The molecule has 0 bridgehead atoms. The van der Waals surface area contributed by atoms with Gasteiger partial charge in [-0.2, -0.15) is 0 Å². The predicted octanol–water partition coefficient (Wildman–Crippen LogP) is 3.18. The topological polar surface area (TPSA) is 63.7 Å². The molecule has 1 unspecified atom stereocenters. The van der Waals surface area contributed by atoms with E-state index in [0.717, 1.165) is 5.56 Å². The summed E-state index contributed by atoms with van der Waals surface area (Å²) < 4.78 is 29.2. The molecule has 26 heavy (non-hydrogen) atoms. The number of hydrogen-bond acceptors (Lipinski definition) is 4. The van der Waals surface area contributed by atoms with Crippen molar-refractivity contribution in [1.29, 1.82) is 0 Å². The fourth-order valence-electron chi connectivity index (χ4n) is 2.98. The van der Waals surface area contributed by atoms with Gasteiger partial charge in [-0.1, -0.05) is 41.9 Å². The first-order chi connectivity index (χ1) is 12.4. The van der Waals surface area contributed by atoms with Gasteiger partial charge in [-0.05, 0) is 24.6 Å². The van der Waals surface area contributed by atoms with E-state index in [0.29, 0.717) is 22.8 Å². The van der Waals surface area contributed by atoms with Gasteiger partial charge in [-0.3, -0.25) is 4.79 Å². The zero-order chi connectivity index (χ0) is 18.7. The van der Waals surface area contributed by atoms with Crippen molar-refractivity contribution in [1.82, 2.24) is 4.90 Å². The van der Waals surface area contributed by atoms with Crippen molar-refractivity contribution in [3.8, 4) is 5.75 Å². The Bertz CT molecular complexity index is 913. The third kappa shape index (κ3) is 4.19. The molecule has 2 aromatic carbocycles. The monoisotopic (exact) mass is 393 g/mol. The Morgan fingerprint density at radius 3 is 2.58 bits per heavy atom. The van der Waals surface area contributed by atoms with Crippen molar-refractivity contribution < 1.29 is 17.9 Å². The van der Waals surface area contributed by atoms with E-state index in [9.17, 15) is 13.2 Å². The van der Waals surface area contributed by atoms with Crippen LogP contribution in [0.1, 0.15) is 22.3 Å². The minimum absolute atomic E-state index is 0.0118. The van der Waals surface area contributed by atoms with Crippen molar-refractivity contribution in [3.05, 3.63) is 64.7 Å². The smallest absolute Gasteiger partial charge is 0.257 e. The number of rotatable bonds is 5. The number of amides is 1. The van der Waals surface area contributed by atoms with Crippen LogP contribution in [-0.4, -0.2) is 43.8 Å². The van der Waals surface area contributed by atoms with Crippen molar-refractivity contribution in [2.75, 3.05) is 18.6 Å². The molecule has 1 aliphatic heterocycles. The maximum absolute atomic E-state index is 12.9. The largest absolute Gasteiger partial charge is 0.488 e. The standard InChI is InChI=1S/C19H20ClNO4S/c1-21(15-10-11-26(23,24)13-15)19(22)16-7-3-5-9-18(16)25-12-14-6-2-4-8-17(14)20/h2-9,15H,10-13H2,1H3. The summed E-state index contributed by atoms with van der Waals surface area (Å²) in [6, 6.07) is 14.0. The molecule has 0 saturated carbocycles. The van der Waals surface area contributed by atoms with Gasteiger partial charge in [0, 0.05) is 23.7 Å². The van der Waals surface area contributed by atoms with Gasteiger partial charge in [0.2, 0.25) is 0 Å². The molecule has 1 fully saturated rings. The van der Waals surface area contributed by atoms with E-state index in [1.807, 2.05) is 18.2 Å². The molecule has 1 saturated heterocycles. The zero-order valence-corrected chi connectivity index (χ0v) is 16.0. The van der Waals surface area contributed by atoms with Crippen LogP contribution in [-0.2, 0) is 16.4 Å². The van der Waals surface area contributed by atoms with Crippen LogP contribution in [0.2, 0.25) is 5.02 Å². The first kappa shape index (κ1) is 18.7. The van der Waals surface area contributed by atoms with Gasteiger partial charge in [0.25, 0.3) is 5.91 Å². The van der Waals surface area contributed by atoms with Gasteiger partial charge in [0.05, 0.1) is 17.1 Å². The number of carbonyl (C=O) groups excluding carboxylic acids is 1. The lowest BCUT2D eigenvalue weighted by molar-refractivity contribution is 0.0743. The van der Waals surface area contributed by atoms with Crippen LogP contribution in [0.3, 0.4) is 0 Å². The molecular weight excluding hydrogens is 374 g/mol. The minimum atomic E-state index is -3.06. The van der Waals surface area contributed by atoms with Gasteiger partial charge < -0.3 is 9.64 Å². The number of benzene rings is 2. The van der Waals surface area contributed by atoms with Crippen LogP contribution >= 0.6 is 11.6 Å². The van der Waals surface area contributed by atoms with E-state index in [1.165, 1.54) is 4.90 Å². The molecule has 1 amide bonds. The normalized spacial score (nSPS) is 18.5. The highest BCUT2D eigenvalue weighted by Crippen LogP contribution is 2.25. The number of carbonyl (C=O) groups is 1. The fraction of sp³-hybridized carbons (Fsp3) is 0.316. The summed E-state index contributed by atoms with van der Waals surface area (Å²) in [5, 5.41) is 0.601. The number of hydrogen-bond donors (Lipinski definition) is 0. The molecule has 7 heteroatoms. The predicted molar refractivity (Wildman–Crippen MR) is 101 cm³/mol. The molecule has 2 aromatic rings. The van der Waals surface area contributed by atoms with Crippen molar-refractivity contribution in [2.45, 2.75) is 19.1 Å². The van der Waals surface area contributed by atoms with Crippen LogP contribution in [0.15, 0.2) is 48.5 Å². The summed E-state index contributed by atoms with van der Waals surface area (Å²) in [6.45, 7) is 0.242. The lowest BCUT2D eigenvalue weighted by atomic mass is 10.1. The molecule has 1 atom stereocenters. The second-order valence-corrected chi connectivity index (χ2v) is 8.99. The van der Waals surface area contributed by atoms with Gasteiger partial charge in [-0.15, -0.1) is 0 Å². The Morgan fingerprint density at radius 1 is 1.19 bits per heavy atom. The van der Waals surface area contributed by atoms with E-state index in [1.54, 1.807) is 37.4 Å². The van der Waals surface area contributed by atoms with Crippen LogP contribution in [0.25, 0.3) is 0 Å². The molecule has 0 spiro atoms. The average Bonchev–Trinajstić information content (AvgIpc) is 3.00. The lowest BCUT2D eigenvalue weighted by Crippen LogP contribution is -2.38. The summed E-state index contributed by atoms with van der Waals surface area (Å²) in [6.07, 6.45) is 0.465. The number of sulfone groups is 1. The van der Waals surface area contributed by atoms with Gasteiger partial charge in [-0.25, -0.2) is 8.42 Å². The number of ether oxygens (including phenoxy) is 1. The second kappa shape index (κ2) is 7.68. The Morgan fingerprint density at radius 2 is 1.88 bits per heavy atom. The highest BCUT2D eigenvalue weighted by atomic mass is 35.5. The highest BCUT2D eigenvalue weighted by molar-refractivity contribution is 7.91. The maximum atomic E-state index is 12.9. The summed E-state index contributed by atoms with van der Waals surface area (Å²) in [4.78, 5) is 14.4. The summed E-state index contributed by atoms with van der Waals surface area (Å²) in [5.41, 5.74) is 1.23. The maximum Gasteiger partial charge on any atom is 0.257 e. The second-order valence-electron chi connectivity index (χ2n) is 6.35. The molecule has 0 radical (unpaired) electrons. The molecule has 1 aliphatic rings. The van der Waals surface area contributed by atoms with E-state index in [-0.39, 0.29) is 30.1 Å². The van der Waals surface area contributed by atoms with Crippen molar-refractivity contribution in [3.63, 3.8) is 0 Å². The quantitative estimate of drug-likeness (QED) is 0.782. The molecule has 1 heterocycles. The molecule has 0 N–H and O–H groups in total. The van der Waals surface area contributed by atoms with Crippen LogP contribution < -0.4 is 4.74 Å². The van der Waals surface area contributed by atoms with Crippen molar-refractivity contribution >= 4 is 27.3 Å². The van der Waals surface area contributed by atoms with Gasteiger partial charge >= 0.3 is 0 Å². The van der Waals surface area contributed by atoms with Gasteiger partial charge in [0.1, 0.15) is 12.4 Å². The van der Waals surface area contributed by atoms with E-state index in [2.05, 4.69) is 0 Å². The Balaban J connectivity index is 1.76. The van der Waals surface area contributed by atoms with E-state index in [4.69, 9.17) is 16.3 Å². The van der Waals surface area contributed by atoms with Gasteiger partial charge in [0.15, 0.2) is 9.84 Å². The molecular formula is C19H20ClNO4S. The molecule has 5 nitrogen and oxygen atoms in total. The Labute approximate surface area is 158 Å². The third-order valence-electron chi connectivity index (χ3n) is 4.53. The molecule has 0 aliphatic carbocycles. The Kier molecular flexibility index (Phi) is 5.53. The average molecular weight is 394 g/mol. The molecule has 3 rings (SSSR count). The van der Waals surface area contributed by atoms with E-state index < -0.39 is 9.84 Å². The third-order valence-corrected chi connectivity index (χ3v) is 6.65. The Hall–Kier alpha value is -2.05. The zero-order valence-electron chi connectivity index (χ0n) is 14.4. The molecule has 138 valence electrons. The van der Waals surface area contributed by atoms with Crippen molar-refractivity contribution in [2.24, 2.45) is 0 Å². The molecule has 0 aromatic heterocycles. The van der Waals surface area contributed by atoms with Crippen LogP contribution in [0.4, 0.5) is 0 Å². The van der Waals surface area contributed by atoms with E-state index >= 15 is 0 Å². The first-order valence-electron chi connectivity index (χ1n) is 8.30. The van der Waals surface area contributed by atoms with Crippen LogP contribution in [0.5, 0.6) is 5.75 Å². The number of para-hydroxylation sites is 1. The minimum Gasteiger partial charge on any atom is -0.488 e. The summed E-state index contributed by atoms with van der Waals surface area (Å²) in [7, 11) is -1.42. The summed E-state index contributed by atoms with van der Waals surface area (Å²) in [5.74, 6) is 0.338. The highest BCUT2D eigenvalue weighted by Gasteiger charge is 2.33. The summed E-state index contributed by atoms with van der Waals surface area (Å²) >= 11 is 6.14. The lowest BCUT2D eigenvalue weighted by Gasteiger charge is -2.24. The fourth-order valence-corrected chi connectivity index (χ4v) is 4.94. The number of nitrogens with zero attached hydrogens (tertiary/aromatic N) is 1. The SMILES string of the molecule is CN(C(=O)c1ccccc1OCc1ccccc1Cl)C1CCS(=O)(=O)C1. The first-order valence-corrected chi connectivity index (χ1v) is 10.5.